The third-order valence-corrected chi connectivity index (χ3v) is 6.20. The van der Waals surface area contributed by atoms with E-state index in [-0.39, 0.29) is 22.1 Å². The molecule has 0 bridgehead atoms. The number of hydrogen-bond donors (Lipinski definition) is 3. The number of amides is 1. The van der Waals surface area contributed by atoms with Gasteiger partial charge in [-0.3, -0.25) is 14.5 Å². The minimum absolute atomic E-state index is 0.0521. The molecule has 4 aromatic rings. The molecular formula is C25H16Cl2N2O4. The summed E-state index contributed by atoms with van der Waals surface area (Å²) in [6, 6.07) is 17.2. The van der Waals surface area contributed by atoms with Crippen LogP contribution in [0.25, 0.3) is 16.7 Å². The van der Waals surface area contributed by atoms with Crippen LogP contribution in [0.5, 0.6) is 5.75 Å². The summed E-state index contributed by atoms with van der Waals surface area (Å²) in [5.74, 6) is -2.11. The Kier molecular flexibility index (Phi) is 5.12. The lowest BCUT2D eigenvalue weighted by Crippen LogP contribution is -2.29. The predicted molar refractivity (Wildman–Crippen MR) is 128 cm³/mol. The van der Waals surface area contributed by atoms with Crippen molar-refractivity contribution in [3.8, 4) is 5.75 Å². The molecule has 164 valence electrons. The lowest BCUT2D eigenvalue weighted by atomic mass is 9.95. The monoisotopic (exact) mass is 478 g/mol. The van der Waals surface area contributed by atoms with Gasteiger partial charge in [-0.15, -0.1) is 0 Å². The van der Waals surface area contributed by atoms with E-state index in [1.54, 1.807) is 42.6 Å². The molecule has 1 unspecified atom stereocenters. The summed E-state index contributed by atoms with van der Waals surface area (Å²) >= 11 is 12.3. The molecule has 2 heterocycles. The molecule has 0 radical (unpaired) electrons. The highest BCUT2D eigenvalue weighted by atomic mass is 35.5. The van der Waals surface area contributed by atoms with Crippen molar-refractivity contribution in [3.63, 3.8) is 0 Å². The molecule has 1 atom stereocenters. The Morgan fingerprint density at radius 2 is 1.76 bits per heavy atom. The molecule has 1 aliphatic heterocycles. The van der Waals surface area contributed by atoms with Crippen molar-refractivity contribution in [1.82, 2.24) is 4.98 Å². The number of H-pyrrole nitrogens is 1. The molecule has 3 N–H and O–H groups in total. The molecule has 8 heteroatoms. The number of fused-ring (bicyclic) bond motifs is 1. The quantitative estimate of drug-likeness (QED) is 0.197. The number of hydrogen-bond acceptors (Lipinski definition) is 4. The first-order valence-electron chi connectivity index (χ1n) is 9.98. The number of carbonyl (C=O) groups excluding carboxylic acids is 2. The SMILES string of the molecule is O=C1C(=O)N(c2cccc(Cl)c2)C(c2ccc(O)c(Cl)c2)/C1=C(/O)c1c[nH]c2ccccc12. The Hall–Kier alpha value is -3.74. The van der Waals surface area contributed by atoms with Gasteiger partial charge in [0.1, 0.15) is 11.5 Å². The van der Waals surface area contributed by atoms with E-state index in [1.165, 1.54) is 17.0 Å². The van der Waals surface area contributed by atoms with Gasteiger partial charge in [0.15, 0.2) is 0 Å². The molecule has 0 saturated carbocycles. The Morgan fingerprint density at radius 1 is 0.970 bits per heavy atom. The van der Waals surface area contributed by atoms with Crippen molar-refractivity contribution >= 4 is 57.2 Å². The van der Waals surface area contributed by atoms with E-state index in [0.29, 0.717) is 27.2 Å². The van der Waals surface area contributed by atoms with Gasteiger partial charge < -0.3 is 15.2 Å². The number of aromatic hydroxyl groups is 1. The maximum atomic E-state index is 13.2. The number of aromatic amines is 1. The second kappa shape index (κ2) is 7.99. The molecule has 3 aromatic carbocycles. The van der Waals surface area contributed by atoms with E-state index in [2.05, 4.69) is 4.98 Å². The number of phenols is 1. The molecule has 1 saturated heterocycles. The highest BCUT2D eigenvalue weighted by molar-refractivity contribution is 6.52. The number of aliphatic hydroxyl groups is 1. The largest absolute Gasteiger partial charge is 0.507 e. The molecule has 1 aromatic heterocycles. The third kappa shape index (κ3) is 3.44. The number of carbonyl (C=O) groups is 2. The number of nitrogens with one attached hydrogen (secondary N) is 1. The van der Waals surface area contributed by atoms with Crippen molar-refractivity contribution in [2.24, 2.45) is 0 Å². The number of ketones is 1. The average molecular weight is 479 g/mol. The van der Waals surface area contributed by atoms with Crippen LogP contribution in [0.4, 0.5) is 5.69 Å². The Labute approximate surface area is 198 Å². The molecule has 5 rings (SSSR count). The molecule has 33 heavy (non-hydrogen) atoms. The van der Waals surface area contributed by atoms with E-state index < -0.39 is 17.7 Å². The zero-order chi connectivity index (χ0) is 23.3. The summed E-state index contributed by atoms with van der Waals surface area (Å²) in [4.78, 5) is 30.8. The van der Waals surface area contributed by atoms with Crippen LogP contribution < -0.4 is 4.90 Å². The first kappa shape index (κ1) is 21.1. The number of nitrogens with zero attached hydrogens (tertiary/aromatic N) is 1. The number of phenolic OH excluding ortho intramolecular Hbond substituents is 1. The lowest BCUT2D eigenvalue weighted by Gasteiger charge is -2.25. The minimum Gasteiger partial charge on any atom is -0.507 e. The van der Waals surface area contributed by atoms with Crippen molar-refractivity contribution in [1.29, 1.82) is 0 Å². The van der Waals surface area contributed by atoms with Crippen molar-refractivity contribution < 1.29 is 19.8 Å². The number of benzene rings is 3. The molecule has 0 spiro atoms. The zero-order valence-electron chi connectivity index (χ0n) is 16.9. The van der Waals surface area contributed by atoms with Crippen molar-refractivity contribution in [2.75, 3.05) is 4.90 Å². The van der Waals surface area contributed by atoms with Crippen LogP contribution in [0.15, 0.2) is 78.5 Å². The lowest BCUT2D eigenvalue weighted by molar-refractivity contribution is -0.132. The fraction of sp³-hybridized carbons (Fsp3) is 0.0400. The maximum Gasteiger partial charge on any atom is 0.300 e. The van der Waals surface area contributed by atoms with Crippen LogP contribution >= 0.6 is 23.2 Å². The van der Waals surface area contributed by atoms with Crippen LogP contribution in [0, 0.1) is 0 Å². The van der Waals surface area contributed by atoms with Crippen molar-refractivity contribution in [2.45, 2.75) is 6.04 Å². The summed E-state index contributed by atoms with van der Waals surface area (Å²) in [6.45, 7) is 0. The first-order valence-corrected chi connectivity index (χ1v) is 10.7. The molecule has 6 nitrogen and oxygen atoms in total. The maximum absolute atomic E-state index is 13.2. The standard InChI is InChI=1S/C25H16Cl2N2O4/c26-14-4-3-5-15(11-14)29-22(13-8-9-20(30)18(27)10-13)21(24(32)25(29)33)23(31)17-12-28-19-7-2-1-6-16(17)19/h1-12,22,28,30-31H/b23-21-. The minimum atomic E-state index is -0.991. The normalized spacial score (nSPS) is 17.8. The third-order valence-electron chi connectivity index (χ3n) is 5.66. The number of aliphatic hydroxyl groups excluding tert-OH is 1. The second-order valence-corrected chi connectivity index (χ2v) is 8.45. The van der Waals surface area contributed by atoms with E-state index in [0.717, 1.165) is 5.52 Å². The van der Waals surface area contributed by atoms with Crippen LogP contribution in [-0.2, 0) is 9.59 Å². The van der Waals surface area contributed by atoms with Crippen LogP contribution in [0.3, 0.4) is 0 Å². The molecule has 1 amide bonds. The van der Waals surface area contributed by atoms with Gasteiger partial charge in [0.05, 0.1) is 16.6 Å². The van der Waals surface area contributed by atoms with Gasteiger partial charge in [-0.2, -0.15) is 0 Å². The van der Waals surface area contributed by atoms with Gasteiger partial charge in [0, 0.05) is 33.4 Å². The van der Waals surface area contributed by atoms with Gasteiger partial charge in [0.25, 0.3) is 11.7 Å². The summed E-state index contributed by atoms with van der Waals surface area (Å²) in [6.07, 6.45) is 1.59. The number of rotatable bonds is 3. The highest BCUT2D eigenvalue weighted by Crippen LogP contribution is 2.44. The topological polar surface area (TPSA) is 93.6 Å². The van der Waals surface area contributed by atoms with Gasteiger partial charge >= 0.3 is 0 Å². The summed E-state index contributed by atoms with van der Waals surface area (Å²) in [5, 5.41) is 22.3. The molecule has 1 fully saturated rings. The number of halogens is 2. The van der Waals surface area contributed by atoms with Crippen LogP contribution in [-0.4, -0.2) is 26.9 Å². The van der Waals surface area contributed by atoms with Crippen LogP contribution in [0.1, 0.15) is 17.2 Å². The van der Waals surface area contributed by atoms with E-state index in [9.17, 15) is 19.8 Å². The van der Waals surface area contributed by atoms with Gasteiger partial charge in [0.2, 0.25) is 0 Å². The Bertz CT molecular complexity index is 1470. The van der Waals surface area contributed by atoms with Gasteiger partial charge in [-0.1, -0.05) is 53.5 Å². The fourth-order valence-electron chi connectivity index (χ4n) is 4.15. The Balaban J connectivity index is 1.78. The molecule has 1 aliphatic rings. The van der Waals surface area contributed by atoms with Gasteiger partial charge in [-0.25, -0.2) is 0 Å². The number of anilines is 1. The van der Waals surface area contributed by atoms with E-state index in [4.69, 9.17) is 23.2 Å². The second-order valence-electron chi connectivity index (χ2n) is 7.61. The average Bonchev–Trinajstić information content (AvgIpc) is 3.34. The van der Waals surface area contributed by atoms with Gasteiger partial charge in [-0.05, 0) is 42.0 Å². The zero-order valence-corrected chi connectivity index (χ0v) is 18.4. The highest BCUT2D eigenvalue weighted by Gasteiger charge is 2.47. The van der Waals surface area contributed by atoms with E-state index >= 15 is 0 Å². The first-order chi connectivity index (χ1) is 15.9. The number of Topliss-reactive ketones (excluding diaryl/α,β-unsaturated/α-hetero) is 1. The number of para-hydroxylation sites is 1. The summed E-state index contributed by atoms with van der Waals surface area (Å²) in [7, 11) is 0. The van der Waals surface area contributed by atoms with Crippen LogP contribution in [0.2, 0.25) is 10.0 Å². The smallest absolute Gasteiger partial charge is 0.300 e. The van der Waals surface area contributed by atoms with E-state index in [1.807, 2.05) is 18.2 Å². The fourth-order valence-corrected chi connectivity index (χ4v) is 4.52. The Morgan fingerprint density at radius 3 is 2.52 bits per heavy atom. The molecule has 0 aliphatic carbocycles. The predicted octanol–water partition coefficient (Wildman–Crippen LogP) is 5.81. The molecular weight excluding hydrogens is 463 g/mol. The number of aromatic nitrogens is 1. The summed E-state index contributed by atoms with van der Waals surface area (Å²) < 4.78 is 0. The summed E-state index contributed by atoms with van der Waals surface area (Å²) in [5.41, 5.74) is 1.90. The van der Waals surface area contributed by atoms with Crippen molar-refractivity contribution in [3.05, 3.63) is 99.7 Å².